The third-order valence-electron chi connectivity index (χ3n) is 2.89. The summed E-state index contributed by atoms with van der Waals surface area (Å²) in [5.74, 6) is 0.827. The Morgan fingerprint density at radius 2 is 1.82 bits per heavy atom. The molecule has 3 N–H and O–H groups in total. The number of nitrogens with zero attached hydrogens (tertiary/aromatic N) is 1. The zero-order chi connectivity index (χ0) is 15.7. The van der Waals surface area contributed by atoms with E-state index in [0.29, 0.717) is 0 Å². The van der Waals surface area contributed by atoms with Crippen LogP contribution in [0.3, 0.4) is 0 Å². The summed E-state index contributed by atoms with van der Waals surface area (Å²) in [6.07, 6.45) is 0.918. The van der Waals surface area contributed by atoms with Gasteiger partial charge in [0, 0.05) is 37.2 Å². The van der Waals surface area contributed by atoms with E-state index in [-0.39, 0.29) is 29.5 Å². The van der Waals surface area contributed by atoms with Gasteiger partial charge in [-0.1, -0.05) is 23.7 Å². The van der Waals surface area contributed by atoms with Gasteiger partial charge >= 0.3 is 0 Å². The lowest BCUT2D eigenvalue weighted by molar-refractivity contribution is 0.428. The molecule has 1 aromatic carbocycles. The second-order valence-electron chi connectivity index (χ2n) is 5.98. The molecule has 0 amide bonds. The van der Waals surface area contributed by atoms with Gasteiger partial charge in [-0.2, -0.15) is 0 Å². The van der Waals surface area contributed by atoms with E-state index < -0.39 is 0 Å². The molecule has 1 aromatic rings. The van der Waals surface area contributed by atoms with Crippen LogP contribution < -0.4 is 16.0 Å². The average Bonchev–Trinajstić information content (AvgIpc) is 2.40. The molecule has 126 valence electrons. The minimum absolute atomic E-state index is 0. The SMILES string of the molecule is CN=C(NCCNC(C)(C)C)NCCc1cccc(Cl)c1.I. The van der Waals surface area contributed by atoms with Crippen LogP contribution in [0.5, 0.6) is 0 Å². The van der Waals surface area contributed by atoms with Gasteiger partial charge < -0.3 is 16.0 Å². The Labute approximate surface area is 156 Å². The van der Waals surface area contributed by atoms with Gasteiger partial charge in [0.2, 0.25) is 0 Å². The Hall–Kier alpha value is -0.530. The number of hydrogen-bond acceptors (Lipinski definition) is 2. The van der Waals surface area contributed by atoms with E-state index >= 15 is 0 Å². The molecule has 0 saturated heterocycles. The second-order valence-corrected chi connectivity index (χ2v) is 6.42. The lowest BCUT2D eigenvalue weighted by Crippen LogP contribution is -2.44. The molecule has 6 heteroatoms. The number of benzene rings is 1. The number of aliphatic imine (C=N–C) groups is 1. The molecule has 0 heterocycles. The largest absolute Gasteiger partial charge is 0.356 e. The minimum atomic E-state index is 0. The minimum Gasteiger partial charge on any atom is -0.356 e. The number of rotatable bonds is 6. The fraction of sp³-hybridized carbons (Fsp3) is 0.562. The highest BCUT2D eigenvalue weighted by Crippen LogP contribution is 2.10. The molecule has 4 nitrogen and oxygen atoms in total. The van der Waals surface area contributed by atoms with E-state index in [4.69, 9.17) is 11.6 Å². The van der Waals surface area contributed by atoms with E-state index in [1.165, 1.54) is 5.56 Å². The van der Waals surface area contributed by atoms with Crippen LogP contribution in [0.25, 0.3) is 0 Å². The smallest absolute Gasteiger partial charge is 0.191 e. The molecule has 0 aliphatic heterocycles. The predicted octanol–water partition coefficient (Wildman–Crippen LogP) is 3.05. The molecule has 0 aliphatic carbocycles. The van der Waals surface area contributed by atoms with Crippen molar-refractivity contribution in [1.29, 1.82) is 0 Å². The van der Waals surface area contributed by atoms with Crippen molar-refractivity contribution in [2.45, 2.75) is 32.7 Å². The van der Waals surface area contributed by atoms with Crippen molar-refractivity contribution >= 4 is 41.5 Å². The van der Waals surface area contributed by atoms with E-state index in [2.05, 4.69) is 47.8 Å². The summed E-state index contributed by atoms with van der Waals surface area (Å²) in [5.41, 5.74) is 1.37. The maximum atomic E-state index is 5.97. The predicted molar refractivity (Wildman–Crippen MR) is 108 cm³/mol. The summed E-state index contributed by atoms with van der Waals surface area (Å²) in [7, 11) is 1.78. The van der Waals surface area contributed by atoms with E-state index in [1.54, 1.807) is 7.05 Å². The molecule has 0 aliphatic rings. The second kappa shape index (κ2) is 11.1. The molecular weight excluding hydrogens is 411 g/mol. The van der Waals surface area contributed by atoms with Gasteiger partial charge in [-0.25, -0.2) is 0 Å². The fourth-order valence-electron chi connectivity index (χ4n) is 1.86. The normalized spacial score (nSPS) is 11.8. The zero-order valence-electron chi connectivity index (χ0n) is 13.9. The van der Waals surface area contributed by atoms with Crippen LogP contribution in [0, 0.1) is 0 Å². The zero-order valence-corrected chi connectivity index (χ0v) is 17.0. The highest BCUT2D eigenvalue weighted by atomic mass is 127. The maximum Gasteiger partial charge on any atom is 0.191 e. The Morgan fingerprint density at radius 3 is 2.41 bits per heavy atom. The standard InChI is InChI=1S/C16H27ClN4.HI/c1-16(2,3)21-11-10-20-15(18-4)19-9-8-13-6-5-7-14(17)12-13;/h5-7,12,21H,8-11H2,1-4H3,(H2,18,19,20);1H. The fourth-order valence-corrected chi connectivity index (χ4v) is 2.07. The highest BCUT2D eigenvalue weighted by Gasteiger charge is 2.07. The Morgan fingerprint density at radius 1 is 1.14 bits per heavy atom. The van der Waals surface area contributed by atoms with Gasteiger partial charge in [-0.05, 0) is 44.9 Å². The molecule has 0 fully saturated rings. The number of nitrogens with one attached hydrogen (secondary N) is 3. The quantitative estimate of drug-likeness (QED) is 0.277. The molecule has 0 atom stereocenters. The molecule has 0 aromatic heterocycles. The first-order chi connectivity index (χ1) is 9.90. The van der Waals surface area contributed by atoms with Gasteiger partial charge in [0.1, 0.15) is 0 Å². The molecule has 0 bridgehead atoms. The van der Waals surface area contributed by atoms with Crippen molar-refractivity contribution < 1.29 is 0 Å². The average molecular weight is 439 g/mol. The van der Waals surface area contributed by atoms with Crippen LogP contribution in [0.2, 0.25) is 5.02 Å². The number of halogens is 2. The van der Waals surface area contributed by atoms with E-state index in [1.807, 2.05) is 18.2 Å². The lowest BCUT2D eigenvalue weighted by Gasteiger charge is -2.21. The van der Waals surface area contributed by atoms with Gasteiger partial charge in [0.05, 0.1) is 0 Å². The van der Waals surface area contributed by atoms with E-state index in [0.717, 1.165) is 37.0 Å². The van der Waals surface area contributed by atoms with Crippen molar-refractivity contribution in [1.82, 2.24) is 16.0 Å². The molecule has 0 spiro atoms. The molecule has 22 heavy (non-hydrogen) atoms. The molecule has 0 radical (unpaired) electrons. The van der Waals surface area contributed by atoms with Crippen LogP contribution >= 0.6 is 35.6 Å². The number of hydrogen-bond donors (Lipinski definition) is 3. The molecule has 1 rings (SSSR count). The van der Waals surface area contributed by atoms with Crippen molar-refractivity contribution in [3.63, 3.8) is 0 Å². The van der Waals surface area contributed by atoms with Gasteiger partial charge in [-0.3, -0.25) is 4.99 Å². The first kappa shape index (κ1) is 21.5. The van der Waals surface area contributed by atoms with Crippen LogP contribution in [-0.4, -0.2) is 38.2 Å². The van der Waals surface area contributed by atoms with Gasteiger partial charge in [-0.15, -0.1) is 24.0 Å². The molecular formula is C16H28ClIN4. The highest BCUT2D eigenvalue weighted by molar-refractivity contribution is 14.0. The Kier molecular flexibility index (Phi) is 10.8. The first-order valence-corrected chi connectivity index (χ1v) is 7.72. The third kappa shape index (κ3) is 10.2. The summed E-state index contributed by atoms with van der Waals surface area (Å²) in [5, 5.41) is 10.8. The Bertz CT molecular complexity index is 458. The van der Waals surface area contributed by atoms with Crippen molar-refractivity contribution in [2.75, 3.05) is 26.7 Å². The summed E-state index contributed by atoms with van der Waals surface area (Å²) < 4.78 is 0. The summed E-state index contributed by atoms with van der Waals surface area (Å²) in [6.45, 7) is 9.04. The van der Waals surface area contributed by atoms with Crippen LogP contribution in [0.4, 0.5) is 0 Å². The van der Waals surface area contributed by atoms with Gasteiger partial charge in [0.25, 0.3) is 0 Å². The summed E-state index contributed by atoms with van der Waals surface area (Å²) in [6, 6.07) is 7.94. The third-order valence-corrected chi connectivity index (χ3v) is 3.13. The number of guanidine groups is 1. The summed E-state index contributed by atoms with van der Waals surface area (Å²) >= 11 is 5.97. The van der Waals surface area contributed by atoms with Crippen molar-refractivity contribution in [3.05, 3.63) is 34.9 Å². The van der Waals surface area contributed by atoms with Gasteiger partial charge in [0.15, 0.2) is 5.96 Å². The summed E-state index contributed by atoms with van der Waals surface area (Å²) in [4.78, 5) is 4.21. The first-order valence-electron chi connectivity index (χ1n) is 7.35. The molecule has 0 unspecified atom stereocenters. The topological polar surface area (TPSA) is 48.5 Å². The van der Waals surface area contributed by atoms with Crippen LogP contribution in [0.15, 0.2) is 29.3 Å². The maximum absolute atomic E-state index is 5.97. The van der Waals surface area contributed by atoms with E-state index in [9.17, 15) is 0 Å². The Balaban J connectivity index is 0.00000441. The van der Waals surface area contributed by atoms with Crippen molar-refractivity contribution in [3.8, 4) is 0 Å². The molecule has 0 saturated carbocycles. The van der Waals surface area contributed by atoms with Crippen LogP contribution in [0.1, 0.15) is 26.3 Å². The monoisotopic (exact) mass is 438 g/mol. The van der Waals surface area contributed by atoms with Crippen molar-refractivity contribution in [2.24, 2.45) is 4.99 Å². The lowest BCUT2D eigenvalue weighted by atomic mass is 10.1. The van der Waals surface area contributed by atoms with Crippen LogP contribution in [-0.2, 0) is 6.42 Å².